The molecule has 11 heteroatoms. The van der Waals surface area contributed by atoms with Crippen LogP contribution in [0.1, 0.15) is 34.8 Å². The molecule has 2 atom stereocenters. The number of fused-ring (bicyclic) bond motifs is 1. The fourth-order valence-electron chi connectivity index (χ4n) is 6.13. The SMILES string of the molecule is Cc1ccc(NC(O)c2cccc(-n3cccn3)c2)cc1N1CCc2nc(Nc3ccc(N4CCN(C)CC4)cc3)ncc2C1O. The molecular formula is C35H39N9O2. The van der Waals surface area contributed by atoms with Crippen LogP contribution in [0.5, 0.6) is 0 Å². The van der Waals surface area contributed by atoms with Crippen LogP contribution in [0.15, 0.2) is 91.4 Å². The van der Waals surface area contributed by atoms with Crippen LogP contribution < -0.4 is 20.4 Å². The normalized spacial score (nSPS) is 17.4. The molecule has 0 saturated carbocycles. The van der Waals surface area contributed by atoms with Crippen LogP contribution in [-0.2, 0) is 6.42 Å². The van der Waals surface area contributed by atoms with Crippen LogP contribution in [-0.4, -0.2) is 74.6 Å². The Balaban J connectivity index is 1.03. The van der Waals surface area contributed by atoms with Gasteiger partial charge >= 0.3 is 0 Å². The number of hydrogen-bond acceptors (Lipinski definition) is 10. The van der Waals surface area contributed by atoms with E-state index in [1.807, 2.05) is 66.6 Å². The van der Waals surface area contributed by atoms with Crippen molar-refractivity contribution in [3.63, 3.8) is 0 Å². The van der Waals surface area contributed by atoms with Crippen molar-refractivity contribution in [1.82, 2.24) is 24.6 Å². The summed E-state index contributed by atoms with van der Waals surface area (Å²) in [5.41, 5.74) is 7.88. The van der Waals surface area contributed by atoms with E-state index in [-0.39, 0.29) is 0 Å². The lowest BCUT2D eigenvalue weighted by atomic mass is 10.0. The Morgan fingerprint density at radius 1 is 0.891 bits per heavy atom. The molecule has 2 aliphatic rings. The molecule has 0 bridgehead atoms. The Hall–Kier alpha value is -4.97. The predicted molar refractivity (Wildman–Crippen MR) is 181 cm³/mol. The van der Waals surface area contributed by atoms with Crippen LogP contribution in [0, 0.1) is 6.92 Å². The van der Waals surface area contributed by atoms with Gasteiger partial charge in [0.05, 0.1) is 11.4 Å². The van der Waals surface area contributed by atoms with E-state index in [0.29, 0.717) is 24.5 Å². The molecule has 2 aliphatic heterocycles. The summed E-state index contributed by atoms with van der Waals surface area (Å²) in [6, 6.07) is 23.8. The van der Waals surface area contributed by atoms with E-state index in [0.717, 1.165) is 65.7 Å². The molecule has 0 amide bonds. The molecule has 7 rings (SSSR count). The Bertz CT molecular complexity index is 1790. The summed E-state index contributed by atoms with van der Waals surface area (Å²) in [4.78, 5) is 16.0. The average molecular weight is 618 g/mol. The quantitative estimate of drug-likeness (QED) is 0.184. The Kier molecular flexibility index (Phi) is 8.27. The number of aryl methyl sites for hydroxylation is 1. The first-order valence-electron chi connectivity index (χ1n) is 15.7. The lowest BCUT2D eigenvalue weighted by Gasteiger charge is -2.36. The number of nitrogens with zero attached hydrogens (tertiary/aromatic N) is 7. The predicted octanol–water partition coefficient (Wildman–Crippen LogP) is 4.62. The standard InChI is InChI=1S/C35H39N9O2/c1-24-7-8-27(38-33(45)25-5-3-6-29(21-25)44-15-4-14-37-44)22-32(24)43-16-13-31-30(34(43)46)23-36-35(40-31)39-26-9-11-28(12-10-26)42-19-17-41(2)18-20-42/h3-12,14-15,21-23,33-34,38,45-46H,13,16-20H2,1-2H3,(H,36,39,40). The van der Waals surface area contributed by atoms with Crippen LogP contribution in [0.25, 0.3) is 5.69 Å². The molecule has 4 heterocycles. The summed E-state index contributed by atoms with van der Waals surface area (Å²) in [5.74, 6) is 0.514. The molecule has 0 spiro atoms. The summed E-state index contributed by atoms with van der Waals surface area (Å²) in [6.45, 7) is 6.80. The summed E-state index contributed by atoms with van der Waals surface area (Å²) < 4.78 is 1.75. The maximum atomic E-state index is 11.5. The van der Waals surface area contributed by atoms with Crippen LogP contribution in [0.4, 0.5) is 28.7 Å². The first-order chi connectivity index (χ1) is 22.4. The maximum Gasteiger partial charge on any atom is 0.227 e. The van der Waals surface area contributed by atoms with Gasteiger partial charge in [-0.25, -0.2) is 14.6 Å². The van der Waals surface area contributed by atoms with Gasteiger partial charge in [0, 0.05) is 91.6 Å². The molecule has 46 heavy (non-hydrogen) atoms. The number of aliphatic hydroxyl groups excluding tert-OH is 2. The number of nitrogens with one attached hydrogen (secondary N) is 2. The third-order valence-electron chi connectivity index (χ3n) is 8.83. The van der Waals surface area contributed by atoms with Gasteiger partial charge in [0.25, 0.3) is 0 Å². The fourth-order valence-corrected chi connectivity index (χ4v) is 6.13. The van der Waals surface area contributed by atoms with Gasteiger partial charge in [-0.1, -0.05) is 18.2 Å². The van der Waals surface area contributed by atoms with Crippen LogP contribution >= 0.6 is 0 Å². The van der Waals surface area contributed by atoms with E-state index in [2.05, 4.69) is 61.8 Å². The highest BCUT2D eigenvalue weighted by atomic mass is 16.3. The molecule has 2 unspecified atom stereocenters. The molecule has 3 aromatic carbocycles. The van der Waals surface area contributed by atoms with E-state index in [9.17, 15) is 10.2 Å². The minimum atomic E-state index is -0.930. The van der Waals surface area contributed by atoms with E-state index < -0.39 is 12.5 Å². The summed E-state index contributed by atoms with van der Waals surface area (Å²) in [6.07, 6.45) is 4.13. The molecular weight excluding hydrogens is 578 g/mol. The van der Waals surface area contributed by atoms with Crippen molar-refractivity contribution >= 4 is 28.7 Å². The van der Waals surface area contributed by atoms with Crippen molar-refractivity contribution in [3.8, 4) is 5.69 Å². The van der Waals surface area contributed by atoms with Gasteiger partial charge in [-0.2, -0.15) is 5.10 Å². The van der Waals surface area contributed by atoms with E-state index >= 15 is 0 Å². The van der Waals surface area contributed by atoms with Gasteiger partial charge in [0.2, 0.25) is 5.95 Å². The second kappa shape index (κ2) is 12.8. The van der Waals surface area contributed by atoms with Gasteiger partial charge in [0.1, 0.15) is 0 Å². The van der Waals surface area contributed by atoms with E-state index in [1.165, 1.54) is 5.69 Å². The topological polar surface area (TPSA) is 118 Å². The lowest BCUT2D eigenvalue weighted by molar-refractivity contribution is 0.163. The smallest absolute Gasteiger partial charge is 0.227 e. The zero-order chi connectivity index (χ0) is 31.6. The number of likely N-dealkylation sites (N-methyl/N-ethyl adjacent to an activating group) is 1. The summed E-state index contributed by atoms with van der Waals surface area (Å²) in [5, 5.41) is 33.3. The number of benzene rings is 3. The van der Waals surface area contributed by atoms with Gasteiger partial charge in [-0.3, -0.25) is 0 Å². The van der Waals surface area contributed by atoms with Gasteiger partial charge in [0.15, 0.2) is 12.5 Å². The van der Waals surface area contributed by atoms with E-state index in [4.69, 9.17) is 4.98 Å². The lowest BCUT2D eigenvalue weighted by Crippen LogP contribution is -2.44. The van der Waals surface area contributed by atoms with Crippen molar-refractivity contribution in [3.05, 3.63) is 114 Å². The first-order valence-corrected chi connectivity index (χ1v) is 15.7. The Morgan fingerprint density at radius 3 is 2.48 bits per heavy atom. The first kappa shape index (κ1) is 29.7. The number of hydrogen-bond donors (Lipinski definition) is 4. The number of piperazine rings is 1. The van der Waals surface area contributed by atoms with Crippen molar-refractivity contribution in [2.75, 3.05) is 60.2 Å². The Labute approximate surface area is 268 Å². The maximum absolute atomic E-state index is 11.5. The molecule has 2 aromatic heterocycles. The molecule has 236 valence electrons. The highest BCUT2D eigenvalue weighted by molar-refractivity contribution is 5.65. The zero-order valence-electron chi connectivity index (χ0n) is 26.1. The molecule has 5 aromatic rings. The third kappa shape index (κ3) is 6.25. The monoisotopic (exact) mass is 617 g/mol. The van der Waals surface area contributed by atoms with Gasteiger partial charge in [-0.05, 0) is 74.1 Å². The van der Waals surface area contributed by atoms with Crippen molar-refractivity contribution in [1.29, 1.82) is 0 Å². The zero-order valence-corrected chi connectivity index (χ0v) is 26.1. The molecule has 1 saturated heterocycles. The summed E-state index contributed by atoms with van der Waals surface area (Å²) in [7, 11) is 2.16. The number of anilines is 5. The molecule has 11 nitrogen and oxygen atoms in total. The highest BCUT2D eigenvalue weighted by Gasteiger charge is 2.29. The second-order valence-corrected chi connectivity index (χ2v) is 12.0. The third-order valence-corrected chi connectivity index (χ3v) is 8.83. The number of rotatable bonds is 8. The van der Waals surface area contributed by atoms with Gasteiger partial charge in [-0.15, -0.1) is 0 Å². The second-order valence-electron chi connectivity index (χ2n) is 12.0. The average Bonchev–Trinajstić information content (AvgIpc) is 3.62. The van der Waals surface area contributed by atoms with Crippen molar-refractivity contribution in [2.45, 2.75) is 25.8 Å². The molecule has 4 N–H and O–H groups in total. The fraction of sp³-hybridized carbons (Fsp3) is 0.286. The highest BCUT2D eigenvalue weighted by Crippen LogP contribution is 2.35. The van der Waals surface area contributed by atoms with Crippen LogP contribution in [0.2, 0.25) is 0 Å². The van der Waals surface area contributed by atoms with Gasteiger partial charge < -0.3 is 35.5 Å². The largest absolute Gasteiger partial charge is 0.369 e. The van der Waals surface area contributed by atoms with Crippen molar-refractivity contribution in [2.24, 2.45) is 0 Å². The van der Waals surface area contributed by atoms with E-state index in [1.54, 1.807) is 17.1 Å². The Morgan fingerprint density at radius 2 is 1.70 bits per heavy atom. The molecule has 0 radical (unpaired) electrons. The summed E-state index contributed by atoms with van der Waals surface area (Å²) >= 11 is 0. The van der Waals surface area contributed by atoms with Crippen molar-refractivity contribution < 1.29 is 10.2 Å². The molecule has 1 fully saturated rings. The number of aromatic nitrogens is 4. The van der Waals surface area contributed by atoms with Crippen LogP contribution in [0.3, 0.4) is 0 Å². The number of aliphatic hydroxyl groups is 2. The molecule has 0 aliphatic carbocycles. The minimum Gasteiger partial charge on any atom is -0.369 e. The minimum absolute atomic E-state index is 0.514.